The number of likely N-dealkylation sites (tertiary alicyclic amines) is 1. The van der Waals surface area contributed by atoms with Gasteiger partial charge in [-0.3, -0.25) is 4.79 Å². The van der Waals surface area contributed by atoms with Crippen LogP contribution in [-0.2, 0) is 9.53 Å². The summed E-state index contributed by atoms with van der Waals surface area (Å²) in [5, 5.41) is 2.79. The minimum atomic E-state index is -0.510. The van der Waals surface area contributed by atoms with Crippen LogP contribution in [0.3, 0.4) is 0 Å². The summed E-state index contributed by atoms with van der Waals surface area (Å²) in [5.41, 5.74) is -0.510. The smallest absolute Gasteiger partial charge is 0.407 e. The van der Waals surface area contributed by atoms with Crippen LogP contribution in [0.5, 0.6) is 0 Å². The molecule has 1 aliphatic rings. The predicted molar refractivity (Wildman–Crippen MR) is 69.7 cm³/mol. The highest BCUT2D eigenvalue weighted by atomic mass is 35.5. The lowest BCUT2D eigenvalue weighted by Gasteiger charge is -2.33. The molecule has 18 heavy (non-hydrogen) atoms. The van der Waals surface area contributed by atoms with Crippen molar-refractivity contribution in [3.8, 4) is 0 Å². The second-order valence-electron chi connectivity index (χ2n) is 5.46. The summed E-state index contributed by atoms with van der Waals surface area (Å²) in [6, 6.07) is -0.0548. The van der Waals surface area contributed by atoms with Gasteiger partial charge in [0.1, 0.15) is 11.5 Å². The number of hydrogen-bond acceptors (Lipinski definition) is 3. The van der Waals surface area contributed by atoms with Crippen LogP contribution in [0.2, 0.25) is 0 Å². The topological polar surface area (TPSA) is 58.6 Å². The largest absolute Gasteiger partial charge is 0.444 e. The lowest BCUT2D eigenvalue weighted by atomic mass is 10.1. The number of carbonyl (C=O) groups excluding carboxylic acids is 2. The normalized spacial score (nSPS) is 20.4. The minimum Gasteiger partial charge on any atom is -0.444 e. The van der Waals surface area contributed by atoms with Crippen LogP contribution in [0.25, 0.3) is 0 Å². The van der Waals surface area contributed by atoms with Crippen molar-refractivity contribution in [3.63, 3.8) is 0 Å². The van der Waals surface area contributed by atoms with Crippen molar-refractivity contribution in [2.45, 2.75) is 45.3 Å². The molecule has 6 heteroatoms. The Balaban J connectivity index is 2.43. The SMILES string of the molecule is CC(C)(C)OC(=O)N[C@@H]1CCCN(C(=O)CCl)C1. The van der Waals surface area contributed by atoms with Gasteiger partial charge in [0.2, 0.25) is 5.91 Å². The summed E-state index contributed by atoms with van der Waals surface area (Å²) in [7, 11) is 0. The molecule has 0 aromatic carbocycles. The number of alkyl carbamates (subject to hydrolysis) is 1. The first-order valence-corrected chi connectivity index (χ1v) is 6.68. The van der Waals surface area contributed by atoms with Gasteiger partial charge in [0.25, 0.3) is 0 Å². The summed E-state index contributed by atoms with van der Waals surface area (Å²) in [5.74, 6) is -0.105. The molecular formula is C12H21ClN2O3. The zero-order valence-electron chi connectivity index (χ0n) is 11.2. The lowest BCUT2D eigenvalue weighted by Crippen LogP contribution is -2.50. The first kappa shape index (κ1) is 15.1. The molecule has 1 fully saturated rings. The van der Waals surface area contributed by atoms with Crippen LogP contribution in [0.15, 0.2) is 0 Å². The number of halogens is 1. The van der Waals surface area contributed by atoms with Crippen molar-refractivity contribution >= 4 is 23.6 Å². The average molecular weight is 277 g/mol. The Labute approximate surface area is 113 Å². The Kier molecular flexibility index (Phi) is 5.26. The number of hydrogen-bond donors (Lipinski definition) is 1. The molecule has 0 radical (unpaired) electrons. The number of rotatable bonds is 2. The molecular weight excluding hydrogens is 256 g/mol. The zero-order valence-corrected chi connectivity index (χ0v) is 11.9. The van der Waals surface area contributed by atoms with Gasteiger partial charge in [-0.2, -0.15) is 0 Å². The number of nitrogens with one attached hydrogen (secondary N) is 1. The minimum absolute atomic E-state index is 0.0147. The molecule has 1 N–H and O–H groups in total. The highest BCUT2D eigenvalue weighted by Gasteiger charge is 2.25. The van der Waals surface area contributed by atoms with E-state index >= 15 is 0 Å². The van der Waals surface area contributed by atoms with Crippen LogP contribution >= 0.6 is 11.6 Å². The van der Waals surface area contributed by atoms with E-state index in [-0.39, 0.29) is 17.8 Å². The summed E-state index contributed by atoms with van der Waals surface area (Å²) in [4.78, 5) is 24.8. The lowest BCUT2D eigenvalue weighted by molar-refractivity contribution is -0.129. The molecule has 0 aromatic heterocycles. The molecule has 1 atom stereocenters. The summed E-state index contributed by atoms with van der Waals surface area (Å²) in [6.45, 7) is 6.66. The zero-order chi connectivity index (χ0) is 13.8. The van der Waals surface area contributed by atoms with E-state index in [1.165, 1.54) is 0 Å². The molecule has 0 aromatic rings. The van der Waals surface area contributed by atoms with Crippen LogP contribution in [0.1, 0.15) is 33.6 Å². The molecule has 104 valence electrons. The van der Waals surface area contributed by atoms with Crippen molar-refractivity contribution in [1.29, 1.82) is 0 Å². The molecule has 1 rings (SSSR count). The quantitative estimate of drug-likeness (QED) is 0.782. The second-order valence-corrected chi connectivity index (χ2v) is 5.73. The summed E-state index contributed by atoms with van der Waals surface area (Å²) < 4.78 is 5.18. The van der Waals surface area contributed by atoms with Gasteiger partial charge < -0.3 is 15.0 Å². The standard InChI is InChI=1S/C12H21ClN2O3/c1-12(2,3)18-11(17)14-9-5-4-6-15(8-9)10(16)7-13/h9H,4-8H2,1-3H3,(H,14,17)/t9-/m1/s1. The van der Waals surface area contributed by atoms with Gasteiger partial charge in [0, 0.05) is 19.1 Å². The van der Waals surface area contributed by atoms with Crippen LogP contribution < -0.4 is 5.32 Å². The van der Waals surface area contributed by atoms with Crippen molar-refractivity contribution in [1.82, 2.24) is 10.2 Å². The Bertz CT molecular complexity index is 315. The maximum absolute atomic E-state index is 11.6. The van der Waals surface area contributed by atoms with Gasteiger partial charge >= 0.3 is 6.09 Å². The first-order chi connectivity index (χ1) is 8.31. The van der Waals surface area contributed by atoms with E-state index in [0.29, 0.717) is 13.1 Å². The summed E-state index contributed by atoms with van der Waals surface area (Å²) >= 11 is 5.52. The molecule has 0 spiro atoms. The third-order valence-corrected chi connectivity index (χ3v) is 2.84. The van der Waals surface area contributed by atoms with Gasteiger partial charge in [-0.05, 0) is 33.6 Å². The van der Waals surface area contributed by atoms with Gasteiger partial charge in [0.05, 0.1) is 0 Å². The van der Waals surface area contributed by atoms with Crippen molar-refractivity contribution in [3.05, 3.63) is 0 Å². The van der Waals surface area contributed by atoms with Crippen molar-refractivity contribution in [2.24, 2.45) is 0 Å². The van der Waals surface area contributed by atoms with Gasteiger partial charge in [-0.25, -0.2) is 4.79 Å². The Hall–Kier alpha value is -0.970. The molecule has 0 bridgehead atoms. The maximum atomic E-state index is 11.6. The van der Waals surface area contributed by atoms with E-state index < -0.39 is 11.7 Å². The molecule has 2 amide bonds. The molecule has 0 unspecified atom stereocenters. The van der Waals surface area contributed by atoms with Crippen LogP contribution in [-0.4, -0.2) is 47.5 Å². The number of carbonyl (C=O) groups is 2. The first-order valence-electron chi connectivity index (χ1n) is 6.15. The van der Waals surface area contributed by atoms with Crippen LogP contribution in [0, 0.1) is 0 Å². The number of ether oxygens (including phenoxy) is 1. The molecule has 1 heterocycles. The van der Waals surface area contributed by atoms with E-state index in [9.17, 15) is 9.59 Å². The monoisotopic (exact) mass is 276 g/mol. The molecule has 1 saturated heterocycles. The fourth-order valence-corrected chi connectivity index (χ4v) is 2.05. The van der Waals surface area contributed by atoms with E-state index in [1.807, 2.05) is 20.8 Å². The van der Waals surface area contributed by atoms with Crippen LogP contribution in [0.4, 0.5) is 4.79 Å². The third-order valence-electron chi connectivity index (χ3n) is 2.61. The van der Waals surface area contributed by atoms with Gasteiger partial charge in [-0.15, -0.1) is 11.6 Å². The fourth-order valence-electron chi connectivity index (χ4n) is 1.88. The molecule has 5 nitrogen and oxygen atoms in total. The molecule has 1 aliphatic heterocycles. The number of nitrogens with zero attached hydrogens (tertiary/aromatic N) is 1. The predicted octanol–water partition coefficient (Wildman–Crippen LogP) is 1.74. The molecule has 0 saturated carbocycles. The Morgan fingerprint density at radius 2 is 2.11 bits per heavy atom. The highest BCUT2D eigenvalue weighted by molar-refractivity contribution is 6.27. The Morgan fingerprint density at radius 3 is 2.67 bits per heavy atom. The van der Waals surface area contributed by atoms with E-state index in [4.69, 9.17) is 16.3 Å². The maximum Gasteiger partial charge on any atom is 0.407 e. The third kappa shape index (κ3) is 5.12. The highest BCUT2D eigenvalue weighted by Crippen LogP contribution is 2.12. The molecule has 0 aliphatic carbocycles. The van der Waals surface area contributed by atoms with Gasteiger partial charge in [0.15, 0.2) is 0 Å². The van der Waals surface area contributed by atoms with Crippen molar-refractivity contribution < 1.29 is 14.3 Å². The fraction of sp³-hybridized carbons (Fsp3) is 0.833. The number of alkyl halides is 1. The number of amides is 2. The van der Waals surface area contributed by atoms with E-state index in [2.05, 4.69) is 5.32 Å². The Morgan fingerprint density at radius 1 is 1.44 bits per heavy atom. The van der Waals surface area contributed by atoms with E-state index in [0.717, 1.165) is 12.8 Å². The summed E-state index contributed by atoms with van der Waals surface area (Å²) in [6.07, 6.45) is 1.28. The van der Waals surface area contributed by atoms with Crippen molar-refractivity contribution in [2.75, 3.05) is 19.0 Å². The average Bonchev–Trinajstić information content (AvgIpc) is 2.25. The number of piperidine rings is 1. The van der Waals surface area contributed by atoms with E-state index in [1.54, 1.807) is 4.90 Å². The van der Waals surface area contributed by atoms with Gasteiger partial charge in [-0.1, -0.05) is 0 Å². The second kappa shape index (κ2) is 6.27.